The van der Waals surface area contributed by atoms with Gasteiger partial charge in [-0.3, -0.25) is 14.5 Å². The highest BCUT2D eigenvalue weighted by atomic mass is 32.2. The van der Waals surface area contributed by atoms with Crippen LogP contribution in [0.1, 0.15) is 39.0 Å². The third kappa shape index (κ3) is 4.21. The van der Waals surface area contributed by atoms with Crippen molar-refractivity contribution < 1.29 is 14.3 Å². The van der Waals surface area contributed by atoms with Gasteiger partial charge >= 0.3 is 0 Å². The summed E-state index contributed by atoms with van der Waals surface area (Å²) in [5.41, 5.74) is 0. The first-order valence-corrected chi connectivity index (χ1v) is 11.2. The second kappa shape index (κ2) is 8.31. The molecule has 3 aliphatic heterocycles. The van der Waals surface area contributed by atoms with Gasteiger partial charge in [0, 0.05) is 51.0 Å². The monoisotopic (exact) mass is 394 g/mol. The van der Waals surface area contributed by atoms with Crippen molar-refractivity contribution >= 4 is 23.6 Å². The van der Waals surface area contributed by atoms with Gasteiger partial charge in [-0.25, -0.2) is 0 Å². The molecule has 3 heterocycles. The molecular formula is C19H30N4O3S. The Balaban J connectivity index is 1.37. The first-order valence-electron chi connectivity index (χ1n) is 10.1. The Morgan fingerprint density at radius 3 is 2.70 bits per heavy atom. The van der Waals surface area contributed by atoms with E-state index in [0.717, 1.165) is 50.4 Å². The number of rotatable bonds is 4. The number of ether oxygens (including phenoxy) is 1. The fourth-order valence-corrected chi connectivity index (χ4v) is 5.07. The van der Waals surface area contributed by atoms with E-state index in [1.165, 1.54) is 19.3 Å². The summed E-state index contributed by atoms with van der Waals surface area (Å²) in [7, 11) is 0. The molecule has 2 saturated heterocycles. The van der Waals surface area contributed by atoms with E-state index in [-0.39, 0.29) is 17.9 Å². The normalized spacial score (nSPS) is 29.7. The molecule has 4 rings (SSSR count). The summed E-state index contributed by atoms with van der Waals surface area (Å²) in [6, 6.07) is 0.334. The zero-order chi connectivity index (χ0) is 18.8. The fraction of sp³-hybridized carbons (Fsp3) is 0.789. The molecule has 4 aliphatic rings. The van der Waals surface area contributed by atoms with Gasteiger partial charge in [0.05, 0.1) is 12.4 Å². The van der Waals surface area contributed by atoms with Gasteiger partial charge in [0.15, 0.2) is 5.88 Å². The van der Waals surface area contributed by atoms with E-state index in [4.69, 9.17) is 4.74 Å². The van der Waals surface area contributed by atoms with Crippen molar-refractivity contribution in [1.29, 1.82) is 0 Å². The topological polar surface area (TPSA) is 65.1 Å². The van der Waals surface area contributed by atoms with Crippen molar-refractivity contribution in [3.8, 4) is 0 Å². The number of nitrogens with zero attached hydrogens (tertiary/aromatic N) is 3. The zero-order valence-electron chi connectivity index (χ0n) is 16.1. The predicted octanol–water partition coefficient (Wildman–Crippen LogP) is 1.17. The highest BCUT2D eigenvalue weighted by Crippen LogP contribution is 2.28. The standard InChI is InChI=1S/C19H30N4O3S/c1-14(24)23-11-16(26-18-12-27-13-20-18)10-17(23)19(25)22-7-3-6-21(8-9-22)15-4-2-5-15/h12,15-17,20H,2-11,13H2,1H3/t16-,17+/m0/s1. The Kier molecular flexibility index (Phi) is 5.82. The quantitative estimate of drug-likeness (QED) is 0.772. The molecule has 0 aromatic carbocycles. The van der Waals surface area contributed by atoms with Gasteiger partial charge in [-0.2, -0.15) is 0 Å². The van der Waals surface area contributed by atoms with Crippen LogP contribution in [0.5, 0.6) is 0 Å². The van der Waals surface area contributed by atoms with Crippen molar-refractivity contribution in [2.75, 3.05) is 38.6 Å². The summed E-state index contributed by atoms with van der Waals surface area (Å²) in [6.07, 6.45) is 5.41. The van der Waals surface area contributed by atoms with Crippen molar-refractivity contribution in [3.63, 3.8) is 0 Å². The first kappa shape index (κ1) is 18.9. The van der Waals surface area contributed by atoms with Crippen molar-refractivity contribution in [2.45, 2.75) is 57.2 Å². The number of hydrogen-bond donors (Lipinski definition) is 1. The summed E-state index contributed by atoms with van der Waals surface area (Å²) < 4.78 is 5.97. The average molecular weight is 395 g/mol. The van der Waals surface area contributed by atoms with Crippen molar-refractivity contribution in [3.05, 3.63) is 11.3 Å². The van der Waals surface area contributed by atoms with Crippen LogP contribution in [0.25, 0.3) is 0 Å². The smallest absolute Gasteiger partial charge is 0.245 e. The Bertz CT molecular complexity index is 610. The van der Waals surface area contributed by atoms with Crippen LogP contribution in [0.4, 0.5) is 0 Å². The lowest BCUT2D eigenvalue weighted by molar-refractivity contribution is -0.142. The lowest BCUT2D eigenvalue weighted by Crippen LogP contribution is -2.48. The van der Waals surface area contributed by atoms with Gasteiger partial charge < -0.3 is 19.9 Å². The minimum Gasteiger partial charge on any atom is -0.474 e. The SMILES string of the molecule is CC(=O)N1C[C@@H](OC2=CSCN2)C[C@@H]1C(=O)N1CCCN(C2CCC2)CC1. The van der Waals surface area contributed by atoms with Gasteiger partial charge in [-0.15, -0.1) is 11.8 Å². The van der Waals surface area contributed by atoms with Gasteiger partial charge in [0.25, 0.3) is 0 Å². The summed E-state index contributed by atoms with van der Waals surface area (Å²) in [5, 5.41) is 5.12. The third-order valence-electron chi connectivity index (χ3n) is 6.20. The number of carbonyl (C=O) groups is 2. The van der Waals surface area contributed by atoms with Crippen LogP contribution >= 0.6 is 11.8 Å². The maximum Gasteiger partial charge on any atom is 0.245 e. The number of thioether (sulfide) groups is 1. The molecule has 8 heteroatoms. The number of hydrogen-bond acceptors (Lipinski definition) is 6. The Labute approximate surface area is 165 Å². The molecule has 3 fully saturated rings. The van der Waals surface area contributed by atoms with Gasteiger partial charge in [0.2, 0.25) is 11.8 Å². The maximum atomic E-state index is 13.2. The summed E-state index contributed by atoms with van der Waals surface area (Å²) in [6.45, 7) is 5.63. The molecule has 0 unspecified atom stereocenters. The van der Waals surface area contributed by atoms with Crippen LogP contribution < -0.4 is 5.32 Å². The van der Waals surface area contributed by atoms with Crippen LogP contribution in [0, 0.1) is 0 Å². The molecule has 0 aromatic rings. The van der Waals surface area contributed by atoms with Gasteiger partial charge in [0.1, 0.15) is 12.1 Å². The lowest BCUT2D eigenvalue weighted by atomic mass is 9.91. The second-order valence-electron chi connectivity index (χ2n) is 7.93. The Morgan fingerprint density at radius 1 is 1.19 bits per heavy atom. The van der Waals surface area contributed by atoms with Crippen LogP contribution in [-0.2, 0) is 14.3 Å². The molecule has 150 valence electrons. The molecule has 1 aliphatic carbocycles. The summed E-state index contributed by atoms with van der Waals surface area (Å²) in [4.78, 5) is 31.6. The highest BCUT2D eigenvalue weighted by Gasteiger charge is 2.42. The first-order chi connectivity index (χ1) is 13.1. The molecular weight excluding hydrogens is 364 g/mol. The van der Waals surface area contributed by atoms with E-state index >= 15 is 0 Å². The van der Waals surface area contributed by atoms with Crippen LogP contribution in [0.2, 0.25) is 0 Å². The average Bonchev–Trinajstić information content (AvgIpc) is 3.19. The number of carbonyl (C=O) groups excluding carboxylic acids is 2. The minimum atomic E-state index is -0.391. The Morgan fingerprint density at radius 2 is 2.04 bits per heavy atom. The number of amides is 2. The summed E-state index contributed by atoms with van der Waals surface area (Å²) in [5.74, 6) is 1.61. The molecule has 0 aromatic heterocycles. The molecule has 1 saturated carbocycles. The second-order valence-corrected chi connectivity index (χ2v) is 8.79. The van der Waals surface area contributed by atoms with Gasteiger partial charge in [-0.05, 0) is 19.3 Å². The number of nitrogens with one attached hydrogen (secondary N) is 1. The molecule has 0 bridgehead atoms. The van der Waals surface area contributed by atoms with Crippen LogP contribution in [0.15, 0.2) is 11.3 Å². The maximum absolute atomic E-state index is 13.2. The summed E-state index contributed by atoms with van der Waals surface area (Å²) >= 11 is 1.66. The zero-order valence-corrected chi connectivity index (χ0v) is 16.9. The van der Waals surface area contributed by atoms with E-state index in [1.54, 1.807) is 23.6 Å². The van der Waals surface area contributed by atoms with E-state index in [2.05, 4.69) is 10.2 Å². The fourth-order valence-electron chi connectivity index (χ4n) is 4.47. The largest absolute Gasteiger partial charge is 0.474 e. The third-order valence-corrected chi connectivity index (χ3v) is 6.89. The highest BCUT2D eigenvalue weighted by molar-refractivity contribution is 8.02. The molecule has 1 N–H and O–H groups in total. The molecule has 2 amide bonds. The van der Waals surface area contributed by atoms with E-state index in [0.29, 0.717) is 13.0 Å². The van der Waals surface area contributed by atoms with E-state index in [9.17, 15) is 9.59 Å². The lowest BCUT2D eigenvalue weighted by Gasteiger charge is -2.36. The molecule has 0 spiro atoms. The Hall–Kier alpha value is -1.41. The molecule has 27 heavy (non-hydrogen) atoms. The molecule has 7 nitrogen and oxygen atoms in total. The number of likely N-dealkylation sites (tertiary alicyclic amines) is 1. The van der Waals surface area contributed by atoms with Crippen LogP contribution in [-0.4, -0.2) is 83.3 Å². The molecule has 0 radical (unpaired) electrons. The minimum absolute atomic E-state index is 0.0481. The van der Waals surface area contributed by atoms with Gasteiger partial charge in [-0.1, -0.05) is 6.42 Å². The van der Waals surface area contributed by atoms with E-state index in [1.807, 2.05) is 10.3 Å². The van der Waals surface area contributed by atoms with Crippen molar-refractivity contribution in [2.24, 2.45) is 0 Å². The van der Waals surface area contributed by atoms with E-state index < -0.39 is 6.04 Å². The molecule has 2 atom stereocenters. The van der Waals surface area contributed by atoms with Crippen molar-refractivity contribution in [1.82, 2.24) is 20.0 Å². The predicted molar refractivity (Wildman–Crippen MR) is 105 cm³/mol. The van der Waals surface area contributed by atoms with Crippen LogP contribution in [0.3, 0.4) is 0 Å².